The molecular formula is C16H20N2O2S2. The quantitative estimate of drug-likeness (QED) is 0.814. The first-order chi connectivity index (χ1) is 10.5. The van der Waals surface area contributed by atoms with Gasteiger partial charge in [0.1, 0.15) is 0 Å². The number of sulfonamides is 1. The van der Waals surface area contributed by atoms with Crippen molar-refractivity contribution in [2.45, 2.75) is 44.0 Å². The number of nitrogens with zero attached hydrogens (tertiary/aromatic N) is 2. The maximum Gasteiger partial charge on any atom is 0.243 e. The Labute approximate surface area is 135 Å². The molecule has 1 saturated carbocycles. The summed E-state index contributed by atoms with van der Waals surface area (Å²) < 4.78 is 27.8. The van der Waals surface area contributed by atoms with Crippen LogP contribution in [0, 0.1) is 13.8 Å². The van der Waals surface area contributed by atoms with Gasteiger partial charge in [0.15, 0.2) is 0 Å². The highest BCUT2D eigenvalue weighted by Gasteiger charge is 2.38. The molecule has 0 unspecified atom stereocenters. The van der Waals surface area contributed by atoms with Crippen LogP contribution in [0.25, 0.3) is 0 Å². The van der Waals surface area contributed by atoms with E-state index in [2.05, 4.69) is 4.98 Å². The summed E-state index contributed by atoms with van der Waals surface area (Å²) >= 11 is 1.58. The molecule has 1 aliphatic carbocycles. The Morgan fingerprint density at radius 3 is 2.73 bits per heavy atom. The third-order valence-corrected chi connectivity index (χ3v) is 6.85. The average molecular weight is 336 g/mol. The van der Waals surface area contributed by atoms with Crippen molar-refractivity contribution < 1.29 is 8.42 Å². The second-order valence-corrected chi connectivity index (χ2v) is 8.63. The molecule has 0 bridgehead atoms. The van der Waals surface area contributed by atoms with Gasteiger partial charge in [0.2, 0.25) is 10.0 Å². The van der Waals surface area contributed by atoms with Crippen LogP contribution in [0.4, 0.5) is 0 Å². The maximum absolute atomic E-state index is 13.1. The smallest absolute Gasteiger partial charge is 0.243 e. The first-order valence-corrected chi connectivity index (χ1v) is 9.78. The predicted octanol–water partition coefficient (Wildman–Crippen LogP) is 3.16. The second kappa shape index (κ2) is 6.10. The van der Waals surface area contributed by atoms with Crippen molar-refractivity contribution in [3.05, 3.63) is 45.9 Å². The van der Waals surface area contributed by atoms with E-state index in [1.165, 1.54) is 0 Å². The van der Waals surface area contributed by atoms with Crippen LogP contribution >= 0.6 is 11.3 Å². The van der Waals surface area contributed by atoms with Crippen LogP contribution in [0.5, 0.6) is 0 Å². The molecule has 0 radical (unpaired) electrons. The zero-order chi connectivity index (χ0) is 15.7. The molecule has 2 aromatic rings. The molecule has 1 aliphatic rings. The van der Waals surface area contributed by atoms with Crippen molar-refractivity contribution in [3.8, 4) is 0 Å². The summed E-state index contributed by atoms with van der Waals surface area (Å²) in [4.78, 5) is 4.69. The lowest BCUT2D eigenvalue weighted by Crippen LogP contribution is -2.35. The summed E-state index contributed by atoms with van der Waals surface area (Å²) in [6, 6.07) is 5.77. The third kappa shape index (κ3) is 3.24. The highest BCUT2D eigenvalue weighted by molar-refractivity contribution is 7.89. The zero-order valence-electron chi connectivity index (χ0n) is 12.8. The van der Waals surface area contributed by atoms with Gasteiger partial charge in [-0.05, 0) is 43.9 Å². The predicted molar refractivity (Wildman–Crippen MR) is 88.6 cm³/mol. The van der Waals surface area contributed by atoms with Gasteiger partial charge in [-0.25, -0.2) is 13.4 Å². The van der Waals surface area contributed by atoms with Crippen LogP contribution in [-0.2, 0) is 16.4 Å². The van der Waals surface area contributed by atoms with E-state index in [4.69, 9.17) is 0 Å². The topological polar surface area (TPSA) is 50.3 Å². The molecule has 0 saturated heterocycles. The monoisotopic (exact) mass is 336 g/mol. The minimum Gasteiger partial charge on any atom is -0.250 e. The summed E-state index contributed by atoms with van der Waals surface area (Å²) in [5, 5.41) is 2.91. The highest BCUT2D eigenvalue weighted by atomic mass is 32.2. The Morgan fingerprint density at radius 2 is 2.09 bits per heavy atom. The zero-order valence-corrected chi connectivity index (χ0v) is 14.5. The van der Waals surface area contributed by atoms with Gasteiger partial charge in [-0.15, -0.1) is 11.3 Å². The minimum atomic E-state index is -3.43. The number of benzene rings is 1. The van der Waals surface area contributed by atoms with Crippen LogP contribution in [0.1, 0.15) is 29.0 Å². The first-order valence-electron chi connectivity index (χ1n) is 7.46. The number of hydrogen-bond acceptors (Lipinski definition) is 4. The van der Waals surface area contributed by atoms with Gasteiger partial charge >= 0.3 is 0 Å². The Balaban J connectivity index is 1.88. The summed E-state index contributed by atoms with van der Waals surface area (Å²) in [6.07, 6.45) is 4.36. The van der Waals surface area contributed by atoms with Crippen LogP contribution in [0.15, 0.2) is 34.7 Å². The molecule has 118 valence electrons. The number of aryl methyl sites for hydroxylation is 2. The fourth-order valence-corrected chi connectivity index (χ4v) is 5.16. The van der Waals surface area contributed by atoms with Crippen LogP contribution in [0.2, 0.25) is 0 Å². The SMILES string of the molecule is Cc1ccc(C)c(S(=O)(=O)N(CCc2nccs2)C2CC2)c1. The molecule has 3 rings (SSSR count). The molecule has 0 atom stereocenters. The van der Waals surface area contributed by atoms with E-state index in [1.54, 1.807) is 27.9 Å². The van der Waals surface area contributed by atoms with Crippen molar-refractivity contribution >= 4 is 21.4 Å². The molecule has 1 aromatic heterocycles. The summed E-state index contributed by atoms with van der Waals surface area (Å²) in [5.41, 5.74) is 1.78. The Hall–Kier alpha value is -1.24. The van der Waals surface area contributed by atoms with Crippen molar-refractivity contribution in [1.29, 1.82) is 0 Å². The Morgan fingerprint density at radius 1 is 1.32 bits per heavy atom. The van der Waals surface area contributed by atoms with Crippen molar-refractivity contribution in [3.63, 3.8) is 0 Å². The minimum absolute atomic E-state index is 0.157. The normalized spacial score (nSPS) is 15.4. The highest BCUT2D eigenvalue weighted by Crippen LogP contribution is 2.33. The molecule has 0 spiro atoms. The molecule has 0 aliphatic heterocycles. The van der Waals surface area contributed by atoms with E-state index in [9.17, 15) is 8.42 Å². The van der Waals surface area contributed by atoms with Gasteiger partial charge in [-0.3, -0.25) is 0 Å². The van der Waals surface area contributed by atoms with E-state index >= 15 is 0 Å². The van der Waals surface area contributed by atoms with Crippen LogP contribution < -0.4 is 0 Å². The van der Waals surface area contributed by atoms with Crippen LogP contribution in [0.3, 0.4) is 0 Å². The van der Waals surface area contributed by atoms with Crippen LogP contribution in [-0.4, -0.2) is 30.3 Å². The summed E-state index contributed by atoms with van der Waals surface area (Å²) in [6.45, 7) is 4.29. The number of thiazole rings is 1. The fourth-order valence-electron chi connectivity index (χ4n) is 2.56. The molecule has 1 aromatic carbocycles. The number of hydrogen-bond donors (Lipinski definition) is 0. The standard InChI is InChI=1S/C16H20N2O2S2/c1-12-3-4-13(2)15(11-12)22(19,20)18(14-5-6-14)9-7-16-17-8-10-21-16/h3-4,8,10-11,14H,5-7,9H2,1-2H3. The van der Waals surface area contributed by atoms with Gasteiger partial charge in [0.05, 0.1) is 9.90 Å². The third-order valence-electron chi connectivity index (χ3n) is 3.91. The molecular weight excluding hydrogens is 316 g/mol. The number of aromatic nitrogens is 1. The lowest BCUT2D eigenvalue weighted by Gasteiger charge is -2.22. The van der Waals surface area contributed by atoms with E-state index in [-0.39, 0.29) is 6.04 Å². The van der Waals surface area contributed by atoms with E-state index in [0.29, 0.717) is 17.9 Å². The average Bonchev–Trinajstić information content (AvgIpc) is 3.16. The lowest BCUT2D eigenvalue weighted by atomic mass is 10.2. The van der Waals surface area contributed by atoms with Crippen molar-refractivity contribution in [2.24, 2.45) is 0 Å². The van der Waals surface area contributed by atoms with Gasteiger partial charge in [-0.2, -0.15) is 4.31 Å². The molecule has 22 heavy (non-hydrogen) atoms. The Bertz CT molecular complexity index is 750. The maximum atomic E-state index is 13.1. The van der Waals surface area contributed by atoms with E-state index in [1.807, 2.05) is 31.4 Å². The molecule has 6 heteroatoms. The molecule has 0 amide bonds. The second-order valence-electron chi connectivity index (χ2n) is 5.79. The van der Waals surface area contributed by atoms with E-state index in [0.717, 1.165) is 29.0 Å². The first kappa shape index (κ1) is 15.6. The van der Waals surface area contributed by atoms with Crippen molar-refractivity contribution in [2.75, 3.05) is 6.54 Å². The van der Waals surface area contributed by atoms with Gasteiger partial charge < -0.3 is 0 Å². The van der Waals surface area contributed by atoms with Gasteiger partial charge in [-0.1, -0.05) is 12.1 Å². The Kier molecular flexibility index (Phi) is 4.34. The molecule has 4 nitrogen and oxygen atoms in total. The number of rotatable bonds is 6. The fraction of sp³-hybridized carbons (Fsp3) is 0.438. The summed E-state index contributed by atoms with van der Waals surface area (Å²) in [7, 11) is -3.43. The molecule has 1 fully saturated rings. The van der Waals surface area contributed by atoms with E-state index < -0.39 is 10.0 Å². The van der Waals surface area contributed by atoms with Crippen molar-refractivity contribution in [1.82, 2.24) is 9.29 Å². The molecule has 1 heterocycles. The summed E-state index contributed by atoms with van der Waals surface area (Å²) in [5.74, 6) is 0. The molecule has 0 N–H and O–H groups in total. The lowest BCUT2D eigenvalue weighted by molar-refractivity contribution is 0.406. The van der Waals surface area contributed by atoms with Gasteiger partial charge in [0, 0.05) is 30.6 Å². The largest absolute Gasteiger partial charge is 0.250 e. The van der Waals surface area contributed by atoms with Gasteiger partial charge in [0.25, 0.3) is 0 Å².